The summed E-state index contributed by atoms with van der Waals surface area (Å²) in [6.45, 7) is 1.70. The van der Waals surface area contributed by atoms with E-state index in [9.17, 15) is 8.78 Å². The zero-order valence-electron chi connectivity index (χ0n) is 6.92. The van der Waals surface area contributed by atoms with Gasteiger partial charge in [-0.2, -0.15) is 5.26 Å². The molecule has 0 aromatic carbocycles. The summed E-state index contributed by atoms with van der Waals surface area (Å²) in [5.41, 5.74) is -0.191. The molecule has 1 rings (SSSR count). The van der Waals surface area contributed by atoms with E-state index in [1.54, 1.807) is 6.92 Å². The Hall–Kier alpha value is -1.02. The zero-order valence-corrected chi connectivity index (χ0v) is 7.74. The van der Waals surface area contributed by atoms with E-state index < -0.39 is 12.3 Å². The molecule has 0 aromatic heterocycles. The number of hydrogen-bond donors (Lipinski definition) is 1. The first-order valence-electron chi connectivity index (χ1n) is 3.76. The highest BCUT2D eigenvalue weighted by molar-refractivity contribution is 7.80. The van der Waals surface area contributed by atoms with Crippen molar-refractivity contribution in [2.75, 3.05) is 0 Å². The van der Waals surface area contributed by atoms with Gasteiger partial charge in [-0.15, -0.1) is 0 Å². The molecule has 0 aromatic rings. The van der Waals surface area contributed by atoms with Gasteiger partial charge in [0, 0.05) is 0 Å². The van der Waals surface area contributed by atoms with Crippen LogP contribution in [0, 0.1) is 23.2 Å². The molecular weight excluding hydrogens is 194 g/mol. The van der Waals surface area contributed by atoms with Crippen LogP contribution in [-0.4, -0.2) is 11.4 Å². The third kappa shape index (κ3) is 2.01. The first-order chi connectivity index (χ1) is 6.06. The standard InChI is InChI=1S/C8H8F2N2S/c1-4-2-6(7(9)10)12-8(13)5(4)3-11/h2,4-5,7H,1H3,(H,12,13). The molecule has 1 aliphatic heterocycles. The van der Waals surface area contributed by atoms with Gasteiger partial charge in [0.1, 0.15) is 5.92 Å². The number of nitrogens with zero attached hydrogens (tertiary/aromatic N) is 1. The third-order valence-corrected chi connectivity index (χ3v) is 2.25. The maximum absolute atomic E-state index is 12.2. The van der Waals surface area contributed by atoms with Crippen LogP contribution in [0.2, 0.25) is 0 Å². The lowest BCUT2D eigenvalue weighted by molar-refractivity contribution is 0.181. The lowest BCUT2D eigenvalue weighted by Crippen LogP contribution is -2.37. The summed E-state index contributed by atoms with van der Waals surface area (Å²) in [6, 6.07) is 1.97. The van der Waals surface area contributed by atoms with Crippen molar-refractivity contribution < 1.29 is 8.78 Å². The Morgan fingerprint density at radius 3 is 2.69 bits per heavy atom. The van der Waals surface area contributed by atoms with E-state index in [0.717, 1.165) is 0 Å². The number of hydrogen-bond acceptors (Lipinski definition) is 2. The quantitative estimate of drug-likeness (QED) is 0.659. The van der Waals surface area contributed by atoms with Crippen LogP contribution in [0.3, 0.4) is 0 Å². The summed E-state index contributed by atoms with van der Waals surface area (Å²) in [5.74, 6) is -0.736. The van der Waals surface area contributed by atoms with Gasteiger partial charge in [-0.25, -0.2) is 8.78 Å². The van der Waals surface area contributed by atoms with Gasteiger partial charge in [0.25, 0.3) is 6.43 Å². The second-order valence-corrected chi connectivity index (χ2v) is 3.32. The topological polar surface area (TPSA) is 35.8 Å². The molecule has 0 spiro atoms. The van der Waals surface area contributed by atoms with Gasteiger partial charge in [-0.05, 0) is 5.92 Å². The molecule has 0 saturated carbocycles. The summed E-state index contributed by atoms with van der Waals surface area (Å²) in [5, 5.41) is 11.0. The van der Waals surface area contributed by atoms with E-state index in [4.69, 9.17) is 17.5 Å². The Kier molecular flexibility index (Phi) is 2.94. The Balaban J connectivity index is 2.89. The van der Waals surface area contributed by atoms with Crippen molar-refractivity contribution in [3.05, 3.63) is 11.8 Å². The molecule has 2 atom stereocenters. The van der Waals surface area contributed by atoms with E-state index in [-0.39, 0.29) is 16.6 Å². The number of thiocarbonyl (C=S) groups is 1. The lowest BCUT2D eigenvalue weighted by atomic mass is 9.91. The molecular formula is C8H8F2N2S. The smallest absolute Gasteiger partial charge is 0.277 e. The van der Waals surface area contributed by atoms with Crippen molar-refractivity contribution in [2.45, 2.75) is 13.3 Å². The van der Waals surface area contributed by atoms with Gasteiger partial charge in [0.05, 0.1) is 16.8 Å². The first kappa shape index (κ1) is 10.1. The largest absolute Gasteiger partial charge is 0.348 e. The van der Waals surface area contributed by atoms with Gasteiger partial charge in [0.2, 0.25) is 0 Å². The average Bonchev–Trinajstić information content (AvgIpc) is 2.03. The molecule has 13 heavy (non-hydrogen) atoms. The predicted octanol–water partition coefficient (Wildman–Crippen LogP) is 1.84. The maximum Gasteiger partial charge on any atom is 0.277 e. The van der Waals surface area contributed by atoms with Crippen LogP contribution < -0.4 is 5.32 Å². The van der Waals surface area contributed by atoms with Crippen molar-refractivity contribution in [1.29, 1.82) is 5.26 Å². The predicted molar refractivity (Wildman–Crippen MR) is 48.1 cm³/mol. The summed E-state index contributed by atoms with van der Waals surface area (Å²) in [4.78, 5) is 0.188. The van der Waals surface area contributed by atoms with Crippen molar-refractivity contribution in [1.82, 2.24) is 5.32 Å². The number of alkyl halides is 2. The molecule has 1 heterocycles. The monoisotopic (exact) mass is 202 g/mol. The molecule has 0 fully saturated rings. The summed E-state index contributed by atoms with van der Waals surface area (Å²) in [7, 11) is 0. The molecule has 0 radical (unpaired) electrons. The fourth-order valence-corrected chi connectivity index (χ4v) is 1.57. The molecule has 1 aliphatic rings. The van der Waals surface area contributed by atoms with Crippen molar-refractivity contribution in [3.63, 3.8) is 0 Å². The van der Waals surface area contributed by atoms with Crippen molar-refractivity contribution in [3.8, 4) is 6.07 Å². The van der Waals surface area contributed by atoms with Gasteiger partial charge in [-0.1, -0.05) is 25.2 Å². The van der Waals surface area contributed by atoms with Gasteiger partial charge in [-0.3, -0.25) is 0 Å². The van der Waals surface area contributed by atoms with E-state index in [0.29, 0.717) is 0 Å². The van der Waals surface area contributed by atoms with Gasteiger partial charge >= 0.3 is 0 Å². The molecule has 0 amide bonds. The Labute approximate surface area is 80.2 Å². The van der Waals surface area contributed by atoms with E-state index in [2.05, 4.69) is 5.32 Å². The first-order valence-corrected chi connectivity index (χ1v) is 4.17. The third-order valence-electron chi connectivity index (χ3n) is 1.89. The summed E-state index contributed by atoms with van der Waals surface area (Å²) < 4.78 is 24.4. The fraction of sp³-hybridized carbons (Fsp3) is 0.500. The summed E-state index contributed by atoms with van der Waals surface area (Å²) in [6.07, 6.45) is -1.20. The zero-order chi connectivity index (χ0) is 10.0. The van der Waals surface area contributed by atoms with Crippen LogP contribution in [-0.2, 0) is 0 Å². The second kappa shape index (κ2) is 3.79. The minimum atomic E-state index is -2.56. The highest BCUT2D eigenvalue weighted by Crippen LogP contribution is 2.22. The molecule has 1 N–H and O–H groups in total. The lowest BCUT2D eigenvalue weighted by Gasteiger charge is -2.24. The van der Waals surface area contributed by atoms with Crippen LogP contribution in [0.5, 0.6) is 0 Å². The Bertz CT molecular complexity index is 293. The van der Waals surface area contributed by atoms with Gasteiger partial charge in [0.15, 0.2) is 0 Å². The van der Waals surface area contributed by atoms with Crippen LogP contribution in [0.25, 0.3) is 0 Å². The molecule has 0 aliphatic carbocycles. The fourth-order valence-electron chi connectivity index (χ4n) is 1.18. The Morgan fingerprint density at radius 2 is 2.31 bits per heavy atom. The summed E-state index contributed by atoms with van der Waals surface area (Å²) >= 11 is 4.79. The SMILES string of the molecule is CC1C=C(C(F)F)NC(=S)C1C#N. The van der Waals surface area contributed by atoms with E-state index in [1.807, 2.05) is 6.07 Å². The molecule has 2 nitrogen and oxygen atoms in total. The normalized spacial score (nSPS) is 27.9. The number of halogens is 2. The highest BCUT2D eigenvalue weighted by Gasteiger charge is 2.28. The molecule has 70 valence electrons. The molecule has 5 heteroatoms. The molecule has 0 saturated heterocycles. The highest BCUT2D eigenvalue weighted by atomic mass is 32.1. The minimum Gasteiger partial charge on any atom is -0.348 e. The molecule has 0 bridgehead atoms. The Morgan fingerprint density at radius 1 is 1.69 bits per heavy atom. The van der Waals surface area contributed by atoms with Crippen molar-refractivity contribution in [2.24, 2.45) is 11.8 Å². The van der Waals surface area contributed by atoms with Crippen LogP contribution in [0.15, 0.2) is 11.8 Å². The number of rotatable bonds is 1. The second-order valence-electron chi connectivity index (χ2n) is 2.88. The number of nitrogens with one attached hydrogen (secondary N) is 1. The number of nitriles is 1. The minimum absolute atomic E-state index is 0.188. The van der Waals surface area contributed by atoms with Gasteiger partial charge < -0.3 is 5.32 Å². The van der Waals surface area contributed by atoms with Crippen molar-refractivity contribution >= 4 is 17.2 Å². The van der Waals surface area contributed by atoms with E-state index >= 15 is 0 Å². The molecule has 2 unspecified atom stereocenters. The number of allylic oxidation sites excluding steroid dienone is 2. The van der Waals surface area contributed by atoms with E-state index in [1.165, 1.54) is 6.08 Å². The van der Waals surface area contributed by atoms with Crippen LogP contribution in [0.4, 0.5) is 8.78 Å². The average molecular weight is 202 g/mol. The van der Waals surface area contributed by atoms with Crippen LogP contribution >= 0.6 is 12.2 Å². The van der Waals surface area contributed by atoms with Crippen LogP contribution in [0.1, 0.15) is 6.92 Å². The maximum atomic E-state index is 12.2.